The fourth-order valence-corrected chi connectivity index (χ4v) is 4.43. The molecular formula is C23H26F6N4O3. The molecule has 0 saturated carbocycles. The summed E-state index contributed by atoms with van der Waals surface area (Å²) in [4.78, 5) is 29.2. The molecular weight excluding hydrogens is 494 g/mol. The molecule has 198 valence electrons. The Bertz CT molecular complexity index is 1130. The predicted octanol–water partition coefficient (Wildman–Crippen LogP) is 4.44. The quantitative estimate of drug-likeness (QED) is 0.289. The van der Waals surface area contributed by atoms with Crippen LogP contribution in [0, 0.1) is 17.5 Å². The molecule has 0 saturated heterocycles. The molecule has 2 aromatic rings. The second kappa shape index (κ2) is 10.9. The monoisotopic (exact) mass is 520 g/mol. The number of halogens is 6. The van der Waals surface area contributed by atoms with Crippen molar-refractivity contribution in [1.29, 1.82) is 0 Å². The number of carboxylic acid groups (broad SMARTS) is 1. The lowest BCUT2D eigenvalue weighted by Gasteiger charge is -2.36. The number of amides is 1. The summed E-state index contributed by atoms with van der Waals surface area (Å²) in [6.07, 6.45) is -3.22. The molecule has 0 radical (unpaired) electrons. The van der Waals surface area contributed by atoms with E-state index in [9.17, 15) is 41.0 Å². The summed E-state index contributed by atoms with van der Waals surface area (Å²) in [6, 6.07) is -0.846. The van der Waals surface area contributed by atoms with Gasteiger partial charge in [-0.1, -0.05) is 26.2 Å². The fourth-order valence-electron chi connectivity index (χ4n) is 4.43. The summed E-state index contributed by atoms with van der Waals surface area (Å²) < 4.78 is 82.5. The maximum atomic E-state index is 14.0. The van der Waals surface area contributed by atoms with E-state index in [1.807, 2.05) is 6.92 Å². The van der Waals surface area contributed by atoms with Crippen molar-refractivity contribution in [2.24, 2.45) is 5.73 Å². The Morgan fingerprint density at radius 2 is 1.83 bits per heavy atom. The molecule has 0 fully saturated rings. The van der Waals surface area contributed by atoms with Gasteiger partial charge in [0.1, 0.15) is 5.82 Å². The van der Waals surface area contributed by atoms with E-state index < -0.39 is 65.7 Å². The highest BCUT2D eigenvalue weighted by atomic mass is 19.4. The lowest BCUT2D eigenvalue weighted by Crippen LogP contribution is -2.44. The van der Waals surface area contributed by atoms with Crippen LogP contribution >= 0.6 is 0 Å². The number of aromatic carboxylic acids is 1. The van der Waals surface area contributed by atoms with Crippen LogP contribution in [-0.2, 0) is 23.9 Å². The number of imidazole rings is 1. The molecule has 3 N–H and O–H groups in total. The largest absolute Gasteiger partial charge is 0.476 e. The molecule has 0 spiro atoms. The number of benzene rings is 1. The Labute approximate surface area is 202 Å². The van der Waals surface area contributed by atoms with Crippen molar-refractivity contribution in [3.63, 3.8) is 0 Å². The molecule has 0 bridgehead atoms. The van der Waals surface area contributed by atoms with E-state index in [2.05, 4.69) is 4.98 Å². The van der Waals surface area contributed by atoms with Crippen LogP contribution in [0.1, 0.15) is 72.6 Å². The van der Waals surface area contributed by atoms with Crippen LogP contribution in [0.25, 0.3) is 0 Å². The van der Waals surface area contributed by atoms with Gasteiger partial charge in [0, 0.05) is 25.1 Å². The number of carbonyl (C=O) groups excluding carboxylic acids is 1. The minimum absolute atomic E-state index is 0.125. The molecule has 1 aliphatic rings. The first-order valence-electron chi connectivity index (χ1n) is 11.4. The van der Waals surface area contributed by atoms with Crippen LogP contribution in [0.3, 0.4) is 0 Å². The summed E-state index contributed by atoms with van der Waals surface area (Å²) in [6.45, 7) is 1.36. The van der Waals surface area contributed by atoms with Crippen molar-refractivity contribution in [2.75, 3.05) is 6.54 Å². The summed E-state index contributed by atoms with van der Waals surface area (Å²) in [5.74, 6) is -7.24. The molecule has 0 aliphatic carbocycles. The number of hydrogen-bond acceptors (Lipinski definition) is 4. The van der Waals surface area contributed by atoms with E-state index in [0.717, 1.165) is 17.4 Å². The molecule has 1 aromatic heterocycles. The highest BCUT2D eigenvalue weighted by Gasteiger charge is 2.44. The third kappa shape index (κ3) is 6.00. The highest BCUT2D eigenvalue weighted by molar-refractivity contribution is 5.87. The summed E-state index contributed by atoms with van der Waals surface area (Å²) >= 11 is 0. The number of carboxylic acids is 1. The molecule has 1 aliphatic heterocycles. The highest BCUT2D eigenvalue weighted by Crippen LogP contribution is 2.37. The maximum Gasteiger partial charge on any atom is 0.449 e. The zero-order chi connectivity index (χ0) is 26.8. The van der Waals surface area contributed by atoms with Gasteiger partial charge in [-0.2, -0.15) is 13.2 Å². The van der Waals surface area contributed by atoms with Crippen LogP contribution in [-0.4, -0.2) is 44.0 Å². The van der Waals surface area contributed by atoms with E-state index in [1.54, 1.807) is 0 Å². The first-order valence-corrected chi connectivity index (χ1v) is 11.4. The van der Waals surface area contributed by atoms with Gasteiger partial charge >= 0.3 is 12.1 Å². The van der Waals surface area contributed by atoms with Crippen LogP contribution in [0.4, 0.5) is 26.3 Å². The van der Waals surface area contributed by atoms with Crippen molar-refractivity contribution in [3.05, 3.63) is 52.4 Å². The lowest BCUT2D eigenvalue weighted by molar-refractivity contribution is -0.149. The Hall–Kier alpha value is -3.09. The number of alkyl halides is 3. The Balaban J connectivity index is 1.85. The van der Waals surface area contributed by atoms with Crippen LogP contribution in [0.2, 0.25) is 0 Å². The van der Waals surface area contributed by atoms with Gasteiger partial charge in [-0.15, -0.1) is 0 Å². The molecule has 13 heteroatoms. The number of unbranched alkanes of at least 4 members (excludes halogenated alkanes) is 2. The van der Waals surface area contributed by atoms with Crippen molar-refractivity contribution in [1.82, 2.24) is 14.5 Å². The molecule has 3 rings (SSSR count). The topological polar surface area (TPSA) is 101 Å². The van der Waals surface area contributed by atoms with Gasteiger partial charge in [0.15, 0.2) is 17.3 Å². The zero-order valence-corrected chi connectivity index (χ0v) is 19.4. The second-order valence-corrected chi connectivity index (χ2v) is 8.85. The third-order valence-corrected chi connectivity index (χ3v) is 6.10. The molecule has 1 aromatic carbocycles. The van der Waals surface area contributed by atoms with Crippen LogP contribution < -0.4 is 5.73 Å². The van der Waals surface area contributed by atoms with Crippen LogP contribution in [0.15, 0.2) is 12.1 Å². The minimum Gasteiger partial charge on any atom is -0.476 e. The fraction of sp³-hybridized carbons (Fsp3) is 0.522. The van der Waals surface area contributed by atoms with Gasteiger partial charge in [-0.05, 0) is 24.5 Å². The Morgan fingerprint density at radius 3 is 2.44 bits per heavy atom. The molecule has 1 unspecified atom stereocenters. The molecule has 2 atom stereocenters. The number of nitrogens with zero attached hydrogens (tertiary/aromatic N) is 3. The van der Waals surface area contributed by atoms with Crippen molar-refractivity contribution < 1.29 is 41.0 Å². The maximum absolute atomic E-state index is 14.0. The molecule has 7 nitrogen and oxygen atoms in total. The number of fused-ring (bicyclic) bond motifs is 1. The smallest absolute Gasteiger partial charge is 0.449 e. The van der Waals surface area contributed by atoms with E-state index in [1.165, 1.54) is 4.90 Å². The standard InChI is InChI=1S/C23H26F6N4O3/c1-2-3-4-5-14-10-32(11-18-20(21(35)36)31-22(33(14)18)23(27,28)29)19(34)8-13(30)6-12-7-16(25)17(26)9-15(12)24/h7,9,13-14H,2-6,8,10-11,30H2,1H3,(H,35,36)/t13?,14-/m1/s1. The molecule has 36 heavy (non-hydrogen) atoms. The second-order valence-electron chi connectivity index (χ2n) is 8.85. The van der Waals surface area contributed by atoms with E-state index in [-0.39, 0.29) is 37.1 Å². The molecule has 2 heterocycles. The Kier molecular flexibility index (Phi) is 8.32. The van der Waals surface area contributed by atoms with Gasteiger partial charge in [0.05, 0.1) is 18.3 Å². The first-order chi connectivity index (χ1) is 16.8. The van der Waals surface area contributed by atoms with Gasteiger partial charge in [0.2, 0.25) is 11.7 Å². The van der Waals surface area contributed by atoms with Crippen molar-refractivity contribution >= 4 is 11.9 Å². The lowest BCUT2D eigenvalue weighted by atomic mass is 10.0. The van der Waals surface area contributed by atoms with Crippen molar-refractivity contribution in [3.8, 4) is 0 Å². The number of nitrogens with two attached hydrogens (primary N) is 1. The number of hydrogen-bond donors (Lipinski definition) is 2. The van der Waals surface area contributed by atoms with Gasteiger partial charge in [0.25, 0.3) is 0 Å². The van der Waals surface area contributed by atoms with E-state index in [4.69, 9.17) is 5.73 Å². The van der Waals surface area contributed by atoms with Gasteiger partial charge in [-0.25, -0.2) is 22.9 Å². The van der Waals surface area contributed by atoms with Crippen molar-refractivity contribution in [2.45, 2.75) is 70.3 Å². The normalized spacial score (nSPS) is 16.7. The molecule has 1 amide bonds. The minimum atomic E-state index is -4.89. The van der Waals surface area contributed by atoms with E-state index >= 15 is 0 Å². The van der Waals surface area contributed by atoms with E-state index in [0.29, 0.717) is 18.6 Å². The predicted molar refractivity (Wildman–Crippen MR) is 115 cm³/mol. The third-order valence-electron chi connectivity index (χ3n) is 6.10. The van der Waals surface area contributed by atoms with Gasteiger partial charge in [-0.3, -0.25) is 4.79 Å². The van der Waals surface area contributed by atoms with Gasteiger partial charge < -0.3 is 20.3 Å². The Morgan fingerprint density at radius 1 is 1.17 bits per heavy atom. The first kappa shape index (κ1) is 27.5. The van der Waals surface area contributed by atoms with Crippen LogP contribution in [0.5, 0.6) is 0 Å². The summed E-state index contributed by atoms with van der Waals surface area (Å²) in [5, 5.41) is 9.46. The zero-order valence-electron chi connectivity index (χ0n) is 19.4. The summed E-state index contributed by atoms with van der Waals surface area (Å²) in [7, 11) is 0. The summed E-state index contributed by atoms with van der Waals surface area (Å²) in [5.41, 5.74) is 4.69. The SMILES string of the molecule is CCCCC[C@@H]1CN(C(=O)CC(N)Cc2cc(F)c(F)cc2F)Cc2c(C(=O)O)nc(C(F)(F)F)n21. The number of rotatable bonds is 9. The number of aromatic nitrogens is 2. The average molecular weight is 520 g/mol. The number of carbonyl (C=O) groups is 2. The average Bonchev–Trinajstić information content (AvgIpc) is 3.18.